The van der Waals surface area contributed by atoms with Crippen molar-refractivity contribution < 1.29 is 9.72 Å². The molecule has 1 aliphatic heterocycles. The van der Waals surface area contributed by atoms with Gasteiger partial charge in [-0.3, -0.25) is 14.9 Å². The van der Waals surface area contributed by atoms with Gasteiger partial charge in [-0.05, 0) is 25.8 Å². The first-order valence-electron chi connectivity index (χ1n) is 7.00. The van der Waals surface area contributed by atoms with E-state index in [0.29, 0.717) is 16.8 Å². The molecule has 0 unspecified atom stereocenters. The molecule has 0 saturated heterocycles. The third-order valence-corrected chi connectivity index (χ3v) is 3.87. The highest BCUT2D eigenvalue weighted by Crippen LogP contribution is 2.42. The number of nitro benzene ring substituents is 1. The summed E-state index contributed by atoms with van der Waals surface area (Å²) in [6.07, 6.45) is 0.737. The van der Waals surface area contributed by atoms with Gasteiger partial charge in [-0.1, -0.05) is 20.8 Å². The molecule has 21 heavy (non-hydrogen) atoms. The fraction of sp³-hybridized carbons (Fsp3) is 0.533. The maximum absolute atomic E-state index is 12.2. The van der Waals surface area contributed by atoms with Crippen LogP contribution in [0.3, 0.4) is 0 Å². The lowest BCUT2D eigenvalue weighted by Gasteiger charge is -2.21. The van der Waals surface area contributed by atoms with Crippen molar-refractivity contribution in [3.63, 3.8) is 0 Å². The summed E-state index contributed by atoms with van der Waals surface area (Å²) in [5.41, 5.74) is 3.03. The van der Waals surface area contributed by atoms with E-state index in [4.69, 9.17) is 0 Å². The van der Waals surface area contributed by atoms with Gasteiger partial charge in [-0.15, -0.1) is 0 Å². The van der Waals surface area contributed by atoms with Gasteiger partial charge >= 0.3 is 0 Å². The highest BCUT2D eigenvalue weighted by atomic mass is 16.6. The van der Waals surface area contributed by atoms with Gasteiger partial charge < -0.3 is 10.6 Å². The number of rotatable bonds is 2. The summed E-state index contributed by atoms with van der Waals surface area (Å²) < 4.78 is 0. The minimum absolute atomic E-state index is 0.0988. The van der Waals surface area contributed by atoms with E-state index in [0.717, 1.165) is 24.2 Å². The molecule has 1 aromatic rings. The molecule has 2 N–H and O–H groups in total. The second kappa shape index (κ2) is 5.02. The third-order valence-electron chi connectivity index (χ3n) is 3.87. The monoisotopic (exact) mass is 291 g/mol. The molecule has 2 rings (SSSR count). The molecule has 0 fully saturated rings. The largest absolute Gasteiger partial charge is 0.383 e. The molecule has 114 valence electrons. The second-order valence-corrected chi connectivity index (χ2v) is 6.47. The number of carbonyl (C=O) groups excluding carboxylic acids is 1. The minimum atomic E-state index is -0.558. The minimum Gasteiger partial charge on any atom is -0.383 e. The van der Waals surface area contributed by atoms with Gasteiger partial charge in [-0.2, -0.15) is 0 Å². The Bertz CT molecular complexity index is 630. The maximum Gasteiger partial charge on any atom is 0.277 e. The molecule has 1 heterocycles. The first-order valence-corrected chi connectivity index (χ1v) is 7.00. The summed E-state index contributed by atoms with van der Waals surface area (Å²) >= 11 is 0. The highest BCUT2D eigenvalue weighted by molar-refractivity contribution is 6.00. The summed E-state index contributed by atoms with van der Waals surface area (Å²) in [5.74, 6) is -0.153. The van der Waals surface area contributed by atoms with Crippen LogP contribution in [0.25, 0.3) is 0 Å². The van der Waals surface area contributed by atoms with Crippen molar-refractivity contribution in [3.05, 3.63) is 26.8 Å². The van der Waals surface area contributed by atoms with Gasteiger partial charge in [0.25, 0.3) is 5.69 Å². The van der Waals surface area contributed by atoms with Gasteiger partial charge in [0.15, 0.2) is 0 Å². The van der Waals surface area contributed by atoms with E-state index in [2.05, 4.69) is 10.6 Å². The lowest BCUT2D eigenvalue weighted by Crippen LogP contribution is -2.28. The molecule has 1 amide bonds. The van der Waals surface area contributed by atoms with E-state index >= 15 is 0 Å². The number of hydrogen-bond acceptors (Lipinski definition) is 4. The summed E-state index contributed by atoms with van der Waals surface area (Å²) in [6.45, 7) is 9.63. The second-order valence-electron chi connectivity index (χ2n) is 6.47. The number of nitro groups is 1. The van der Waals surface area contributed by atoms with Crippen molar-refractivity contribution in [2.75, 3.05) is 17.2 Å². The molecule has 0 aliphatic carbocycles. The zero-order valence-corrected chi connectivity index (χ0v) is 13.1. The van der Waals surface area contributed by atoms with Crippen LogP contribution < -0.4 is 10.6 Å². The first kappa shape index (κ1) is 15.3. The molecule has 0 saturated carbocycles. The van der Waals surface area contributed by atoms with Gasteiger partial charge in [0.1, 0.15) is 0 Å². The molecule has 0 atom stereocenters. The molecule has 0 spiro atoms. The zero-order valence-electron chi connectivity index (χ0n) is 13.1. The molecule has 0 radical (unpaired) electrons. The number of anilines is 2. The van der Waals surface area contributed by atoms with Crippen molar-refractivity contribution in [2.24, 2.45) is 5.41 Å². The van der Waals surface area contributed by atoms with Gasteiger partial charge in [0.05, 0.1) is 21.9 Å². The van der Waals surface area contributed by atoms with Crippen LogP contribution in [-0.4, -0.2) is 17.4 Å². The molecule has 6 nitrogen and oxygen atoms in total. The number of amides is 1. The Morgan fingerprint density at radius 2 is 1.90 bits per heavy atom. The van der Waals surface area contributed by atoms with Crippen LogP contribution in [0.5, 0.6) is 0 Å². The van der Waals surface area contributed by atoms with Crippen LogP contribution in [0.4, 0.5) is 17.1 Å². The van der Waals surface area contributed by atoms with Crippen molar-refractivity contribution in [2.45, 2.75) is 41.0 Å². The van der Waals surface area contributed by atoms with Gasteiger partial charge in [-0.25, -0.2) is 0 Å². The Labute approximate surface area is 124 Å². The fourth-order valence-electron chi connectivity index (χ4n) is 2.62. The summed E-state index contributed by atoms with van der Waals surface area (Å²) in [7, 11) is 0. The number of nitrogens with zero attached hydrogens (tertiary/aromatic N) is 1. The van der Waals surface area contributed by atoms with Crippen molar-refractivity contribution >= 4 is 23.0 Å². The van der Waals surface area contributed by atoms with E-state index < -0.39 is 5.41 Å². The average Bonchev–Trinajstić information content (AvgIpc) is 2.81. The van der Waals surface area contributed by atoms with E-state index in [-0.39, 0.29) is 16.5 Å². The van der Waals surface area contributed by atoms with Crippen LogP contribution in [0.15, 0.2) is 0 Å². The fourth-order valence-corrected chi connectivity index (χ4v) is 2.62. The Kier molecular flexibility index (Phi) is 3.65. The van der Waals surface area contributed by atoms with Gasteiger partial charge in [0, 0.05) is 17.5 Å². The first-order chi connectivity index (χ1) is 9.64. The SMILES string of the molecule is Cc1c2c(c(NC(=O)C(C)(C)C)c(C)c1[N+](=O)[O-])NCC2. The molecular weight excluding hydrogens is 270 g/mol. The summed E-state index contributed by atoms with van der Waals surface area (Å²) in [6, 6.07) is 0. The number of hydrogen-bond donors (Lipinski definition) is 2. The topological polar surface area (TPSA) is 84.3 Å². The van der Waals surface area contributed by atoms with Crippen molar-refractivity contribution in [1.82, 2.24) is 0 Å². The van der Waals surface area contributed by atoms with E-state index in [1.165, 1.54) is 0 Å². The van der Waals surface area contributed by atoms with Crippen molar-refractivity contribution in [1.29, 1.82) is 0 Å². The molecule has 1 aromatic carbocycles. The summed E-state index contributed by atoms with van der Waals surface area (Å²) in [4.78, 5) is 23.2. The van der Waals surface area contributed by atoms with E-state index in [1.54, 1.807) is 13.8 Å². The Hall–Kier alpha value is -2.11. The number of benzene rings is 1. The molecule has 0 aromatic heterocycles. The Morgan fingerprint density at radius 1 is 1.29 bits per heavy atom. The Balaban J connectivity index is 2.61. The maximum atomic E-state index is 12.2. The number of carbonyl (C=O) groups is 1. The molecule has 1 aliphatic rings. The predicted octanol–water partition coefficient (Wildman–Crippen LogP) is 3.16. The van der Waals surface area contributed by atoms with Crippen LogP contribution in [0, 0.1) is 29.4 Å². The average molecular weight is 291 g/mol. The normalized spacial score (nSPS) is 13.6. The molecular formula is C15H21N3O3. The van der Waals surface area contributed by atoms with Crippen LogP contribution in [0.2, 0.25) is 0 Å². The number of nitrogens with one attached hydrogen (secondary N) is 2. The van der Waals surface area contributed by atoms with Crippen LogP contribution in [0.1, 0.15) is 37.5 Å². The van der Waals surface area contributed by atoms with Crippen LogP contribution in [-0.2, 0) is 11.2 Å². The van der Waals surface area contributed by atoms with Crippen molar-refractivity contribution in [3.8, 4) is 0 Å². The smallest absolute Gasteiger partial charge is 0.277 e. The Morgan fingerprint density at radius 3 is 2.43 bits per heavy atom. The lowest BCUT2D eigenvalue weighted by molar-refractivity contribution is -0.386. The molecule has 0 bridgehead atoms. The predicted molar refractivity (Wildman–Crippen MR) is 82.8 cm³/mol. The lowest BCUT2D eigenvalue weighted by atomic mass is 9.94. The van der Waals surface area contributed by atoms with E-state index in [9.17, 15) is 14.9 Å². The van der Waals surface area contributed by atoms with E-state index in [1.807, 2.05) is 20.8 Å². The van der Waals surface area contributed by atoms with Crippen LogP contribution >= 0.6 is 0 Å². The highest BCUT2D eigenvalue weighted by Gasteiger charge is 2.31. The van der Waals surface area contributed by atoms with Gasteiger partial charge in [0.2, 0.25) is 5.91 Å². The third kappa shape index (κ3) is 2.57. The standard InChI is InChI=1S/C15H21N3O3/c1-8-10-6-7-16-12(10)11(9(2)13(8)18(20)21)17-14(19)15(3,4)5/h16H,6-7H2,1-5H3,(H,17,19). The zero-order chi connectivity index (χ0) is 15.9. The quantitative estimate of drug-likeness (QED) is 0.647. The number of fused-ring (bicyclic) bond motifs is 1. The molecule has 6 heteroatoms. The summed E-state index contributed by atoms with van der Waals surface area (Å²) in [5, 5.41) is 17.5.